The number of likely N-dealkylation sites (tertiary alicyclic amines) is 1. The van der Waals surface area contributed by atoms with Crippen molar-refractivity contribution in [2.75, 3.05) is 25.9 Å². The summed E-state index contributed by atoms with van der Waals surface area (Å²) in [7, 11) is -3.22. The van der Waals surface area contributed by atoms with Crippen LogP contribution in [0.1, 0.15) is 36.2 Å². The number of benzene rings is 2. The first-order chi connectivity index (χ1) is 16.5. The summed E-state index contributed by atoms with van der Waals surface area (Å²) in [4.78, 5) is 7.59. The highest BCUT2D eigenvalue weighted by Gasteiger charge is 2.12. The molecule has 0 saturated carbocycles. The van der Waals surface area contributed by atoms with Crippen molar-refractivity contribution in [3.05, 3.63) is 83.7 Å². The number of hydrogen-bond donors (Lipinski definition) is 0. The Labute approximate surface area is 201 Å². The van der Waals surface area contributed by atoms with Gasteiger partial charge in [-0.15, -0.1) is 0 Å². The highest BCUT2D eigenvalue weighted by molar-refractivity contribution is 7.90. The molecule has 0 atom stereocenters. The summed E-state index contributed by atoms with van der Waals surface area (Å²) < 4.78 is 25.4. The fraction of sp³-hybridized carbons (Fsp3) is 0.333. The second-order valence-electron chi connectivity index (χ2n) is 9.15. The standard InChI is InChI=1S/C27H30N4O2S/c1-34(32,33)24-15-13-23(14-16-24)25-7-4-8-27-28-26(29-31(25)27)20-22-11-9-21(10-12-22)6-5-19-30-17-2-3-18-30/h4,7-16H,2-3,5-6,17-20H2,1H3. The van der Waals surface area contributed by atoms with E-state index in [2.05, 4.69) is 29.2 Å². The minimum Gasteiger partial charge on any atom is -0.303 e. The molecule has 6 nitrogen and oxygen atoms in total. The maximum absolute atomic E-state index is 11.8. The van der Waals surface area contributed by atoms with Gasteiger partial charge >= 0.3 is 0 Å². The third kappa shape index (κ3) is 5.21. The van der Waals surface area contributed by atoms with Crippen LogP contribution in [0.15, 0.2) is 71.6 Å². The molecule has 5 rings (SSSR count). The molecule has 2 aromatic heterocycles. The molecule has 1 fully saturated rings. The van der Waals surface area contributed by atoms with Gasteiger partial charge in [0, 0.05) is 18.2 Å². The molecule has 0 aliphatic carbocycles. The second kappa shape index (κ2) is 9.68. The van der Waals surface area contributed by atoms with E-state index < -0.39 is 9.84 Å². The van der Waals surface area contributed by atoms with Crippen LogP contribution in [0.3, 0.4) is 0 Å². The zero-order valence-electron chi connectivity index (χ0n) is 19.5. The zero-order valence-corrected chi connectivity index (χ0v) is 20.3. The van der Waals surface area contributed by atoms with Crippen molar-refractivity contribution < 1.29 is 8.42 Å². The van der Waals surface area contributed by atoms with Crippen LogP contribution in [0.4, 0.5) is 0 Å². The summed E-state index contributed by atoms with van der Waals surface area (Å²) in [6, 6.07) is 21.6. The van der Waals surface area contributed by atoms with E-state index in [1.165, 1.54) is 56.3 Å². The number of aryl methyl sites for hydroxylation is 1. The van der Waals surface area contributed by atoms with Gasteiger partial charge in [0.1, 0.15) is 0 Å². The quantitative estimate of drug-likeness (QED) is 0.378. The lowest BCUT2D eigenvalue weighted by Crippen LogP contribution is -2.20. The van der Waals surface area contributed by atoms with E-state index in [9.17, 15) is 8.42 Å². The van der Waals surface area contributed by atoms with Crippen LogP contribution in [-0.2, 0) is 22.7 Å². The normalized spacial score (nSPS) is 14.7. The molecule has 34 heavy (non-hydrogen) atoms. The Bertz CT molecular complexity index is 1370. The molecule has 176 valence electrons. The Morgan fingerprint density at radius 2 is 1.59 bits per heavy atom. The Morgan fingerprint density at radius 1 is 0.882 bits per heavy atom. The van der Waals surface area contributed by atoms with Crippen LogP contribution in [0, 0.1) is 0 Å². The van der Waals surface area contributed by atoms with Crippen molar-refractivity contribution in [1.82, 2.24) is 19.5 Å². The monoisotopic (exact) mass is 474 g/mol. The Hall–Kier alpha value is -3.03. The molecular formula is C27H30N4O2S. The van der Waals surface area contributed by atoms with E-state index in [1.807, 2.05) is 34.8 Å². The highest BCUT2D eigenvalue weighted by Crippen LogP contribution is 2.22. The average Bonchev–Trinajstić information content (AvgIpc) is 3.49. The summed E-state index contributed by atoms with van der Waals surface area (Å²) in [5.74, 6) is 0.766. The lowest BCUT2D eigenvalue weighted by molar-refractivity contribution is 0.334. The van der Waals surface area contributed by atoms with Crippen molar-refractivity contribution in [3.8, 4) is 11.3 Å². The van der Waals surface area contributed by atoms with Crippen LogP contribution < -0.4 is 0 Å². The van der Waals surface area contributed by atoms with E-state index in [1.54, 1.807) is 12.1 Å². The fourth-order valence-electron chi connectivity index (χ4n) is 4.64. The summed E-state index contributed by atoms with van der Waals surface area (Å²) >= 11 is 0. The van der Waals surface area contributed by atoms with Gasteiger partial charge in [-0.1, -0.05) is 42.5 Å². The van der Waals surface area contributed by atoms with E-state index >= 15 is 0 Å². The predicted molar refractivity (Wildman–Crippen MR) is 135 cm³/mol. The van der Waals surface area contributed by atoms with Crippen molar-refractivity contribution >= 4 is 15.5 Å². The molecule has 0 radical (unpaired) electrons. The molecule has 7 heteroatoms. The van der Waals surface area contributed by atoms with Gasteiger partial charge in [0.2, 0.25) is 0 Å². The van der Waals surface area contributed by atoms with Gasteiger partial charge in [0.15, 0.2) is 21.3 Å². The van der Waals surface area contributed by atoms with Gasteiger partial charge in [-0.2, -0.15) is 5.10 Å². The lowest BCUT2D eigenvalue weighted by atomic mass is 10.1. The maximum Gasteiger partial charge on any atom is 0.175 e. The molecule has 1 aliphatic heterocycles. The predicted octanol–water partition coefficient (Wildman–Crippen LogP) is 4.42. The van der Waals surface area contributed by atoms with Gasteiger partial charge in [-0.3, -0.25) is 0 Å². The Morgan fingerprint density at radius 3 is 2.29 bits per heavy atom. The van der Waals surface area contributed by atoms with E-state index in [0.29, 0.717) is 11.3 Å². The summed E-state index contributed by atoms with van der Waals surface area (Å²) in [6.45, 7) is 3.73. The van der Waals surface area contributed by atoms with Gasteiger partial charge in [-0.05, 0) is 80.7 Å². The van der Waals surface area contributed by atoms with Crippen molar-refractivity contribution in [3.63, 3.8) is 0 Å². The maximum atomic E-state index is 11.8. The second-order valence-corrected chi connectivity index (χ2v) is 11.2. The molecule has 2 aromatic carbocycles. The van der Waals surface area contributed by atoms with Gasteiger partial charge in [-0.25, -0.2) is 17.9 Å². The highest BCUT2D eigenvalue weighted by atomic mass is 32.2. The largest absolute Gasteiger partial charge is 0.303 e. The van der Waals surface area contributed by atoms with Gasteiger partial charge in [0.25, 0.3) is 0 Å². The van der Waals surface area contributed by atoms with Gasteiger partial charge < -0.3 is 4.90 Å². The average molecular weight is 475 g/mol. The molecule has 0 bridgehead atoms. The van der Waals surface area contributed by atoms with Crippen molar-refractivity contribution in [1.29, 1.82) is 0 Å². The summed E-state index contributed by atoms with van der Waals surface area (Å²) in [6.07, 6.45) is 6.91. The third-order valence-corrected chi connectivity index (χ3v) is 7.63. The first-order valence-electron chi connectivity index (χ1n) is 11.9. The minimum absolute atomic E-state index is 0.308. The lowest BCUT2D eigenvalue weighted by Gasteiger charge is -2.13. The minimum atomic E-state index is -3.22. The first-order valence-corrected chi connectivity index (χ1v) is 13.8. The molecule has 0 unspecified atom stereocenters. The molecule has 1 saturated heterocycles. The number of nitrogens with zero attached hydrogens (tertiary/aromatic N) is 4. The molecular weight excluding hydrogens is 444 g/mol. The number of pyridine rings is 1. The number of rotatable bonds is 8. The summed E-state index contributed by atoms with van der Waals surface area (Å²) in [5.41, 5.74) is 5.12. The third-order valence-electron chi connectivity index (χ3n) is 6.51. The van der Waals surface area contributed by atoms with Crippen LogP contribution in [0.5, 0.6) is 0 Å². The van der Waals surface area contributed by atoms with E-state index in [0.717, 1.165) is 29.1 Å². The van der Waals surface area contributed by atoms with Crippen LogP contribution in [0.2, 0.25) is 0 Å². The van der Waals surface area contributed by atoms with Gasteiger partial charge in [0.05, 0.1) is 10.6 Å². The summed E-state index contributed by atoms with van der Waals surface area (Å²) in [5, 5.41) is 4.75. The van der Waals surface area contributed by atoms with Crippen LogP contribution in [-0.4, -0.2) is 53.8 Å². The number of fused-ring (bicyclic) bond motifs is 1. The number of hydrogen-bond acceptors (Lipinski definition) is 5. The van der Waals surface area contributed by atoms with E-state index in [-0.39, 0.29) is 0 Å². The Kier molecular flexibility index (Phi) is 6.48. The smallest absolute Gasteiger partial charge is 0.175 e. The molecule has 0 amide bonds. The zero-order chi connectivity index (χ0) is 23.5. The molecule has 0 spiro atoms. The Balaban J connectivity index is 1.28. The van der Waals surface area contributed by atoms with Crippen molar-refractivity contribution in [2.24, 2.45) is 0 Å². The SMILES string of the molecule is CS(=O)(=O)c1ccc(-c2cccc3nc(Cc4ccc(CCCN5CCCC5)cc4)nn23)cc1. The van der Waals surface area contributed by atoms with Crippen LogP contribution >= 0.6 is 0 Å². The van der Waals surface area contributed by atoms with Crippen LogP contribution in [0.25, 0.3) is 16.9 Å². The molecule has 1 aliphatic rings. The van der Waals surface area contributed by atoms with E-state index in [4.69, 9.17) is 10.1 Å². The molecule has 4 aromatic rings. The number of sulfone groups is 1. The fourth-order valence-corrected chi connectivity index (χ4v) is 5.27. The molecule has 0 N–H and O–H groups in total. The molecule has 3 heterocycles. The first kappa shape index (κ1) is 22.7. The topological polar surface area (TPSA) is 67.6 Å². The van der Waals surface area contributed by atoms with Crippen molar-refractivity contribution in [2.45, 2.75) is 37.0 Å². The number of aromatic nitrogens is 3.